The summed E-state index contributed by atoms with van der Waals surface area (Å²) in [7, 11) is 3.55. The topological polar surface area (TPSA) is 63.9 Å². The van der Waals surface area contributed by atoms with Crippen LogP contribution in [-0.2, 0) is 7.05 Å². The molecule has 7 heteroatoms. The molecule has 0 bridgehead atoms. The van der Waals surface area contributed by atoms with E-state index in [0.29, 0.717) is 10.9 Å². The number of carbonyl (C=O) groups excluding carboxylic acids is 1. The van der Waals surface area contributed by atoms with Gasteiger partial charge in [-0.05, 0) is 42.4 Å². The quantitative estimate of drug-likeness (QED) is 0.731. The number of hydrogen-bond donors (Lipinski definition) is 0. The molecule has 0 atom stereocenters. The first-order chi connectivity index (χ1) is 11.6. The van der Waals surface area contributed by atoms with Crippen LogP contribution in [-0.4, -0.2) is 32.5 Å². The largest absolute Gasteiger partial charge is 0.318 e. The number of aromatic nitrogens is 4. The lowest BCUT2D eigenvalue weighted by molar-refractivity contribution is 0.0984. The van der Waals surface area contributed by atoms with Gasteiger partial charge in [-0.3, -0.25) is 9.78 Å². The molecular formula is C17H17N5OS. The van der Waals surface area contributed by atoms with Crippen molar-refractivity contribution in [3.8, 4) is 0 Å². The Morgan fingerprint density at radius 2 is 2.00 bits per heavy atom. The Labute approximate surface area is 144 Å². The van der Waals surface area contributed by atoms with Gasteiger partial charge in [-0.25, -0.2) is 9.97 Å². The number of imidazole rings is 1. The van der Waals surface area contributed by atoms with Gasteiger partial charge in [0.25, 0.3) is 5.91 Å². The van der Waals surface area contributed by atoms with E-state index in [2.05, 4.69) is 15.0 Å². The number of aryl methyl sites for hydroxylation is 1. The molecule has 0 radical (unpaired) electrons. The number of hydrogen-bond acceptors (Lipinski definition) is 5. The summed E-state index contributed by atoms with van der Waals surface area (Å²) in [6, 6.07) is 7.58. The Balaban J connectivity index is 1.81. The number of amides is 1. The Hall–Kier alpha value is -2.67. The van der Waals surface area contributed by atoms with Crippen molar-refractivity contribution >= 4 is 23.4 Å². The summed E-state index contributed by atoms with van der Waals surface area (Å²) in [6.07, 6.45) is 6.73. The second-order valence-corrected chi connectivity index (χ2v) is 6.32. The first-order valence-electron chi connectivity index (χ1n) is 7.36. The molecular weight excluding hydrogens is 322 g/mol. The fourth-order valence-electron chi connectivity index (χ4n) is 2.14. The molecule has 0 saturated heterocycles. The fraction of sp³-hybridized carbons (Fsp3) is 0.176. The highest BCUT2D eigenvalue weighted by Crippen LogP contribution is 2.25. The Morgan fingerprint density at radius 1 is 1.17 bits per heavy atom. The predicted octanol–water partition coefficient (Wildman–Crippen LogP) is 2.95. The second-order valence-electron chi connectivity index (χ2n) is 5.34. The average Bonchev–Trinajstić information content (AvgIpc) is 2.97. The summed E-state index contributed by atoms with van der Waals surface area (Å²) >= 11 is 1.43. The molecule has 0 spiro atoms. The lowest BCUT2D eigenvalue weighted by Crippen LogP contribution is -2.28. The third kappa shape index (κ3) is 3.30. The second kappa shape index (κ2) is 6.84. The number of nitrogens with zero attached hydrogens (tertiary/aromatic N) is 5. The molecule has 0 saturated carbocycles. The van der Waals surface area contributed by atoms with Crippen molar-refractivity contribution in [3.05, 3.63) is 60.3 Å². The van der Waals surface area contributed by atoms with E-state index in [-0.39, 0.29) is 5.91 Å². The molecule has 0 aliphatic rings. The van der Waals surface area contributed by atoms with Gasteiger partial charge in [0.05, 0.1) is 18.1 Å². The van der Waals surface area contributed by atoms with Crippen LogP contribution in [0, 0.1) is 6.92 Å². The van der Waals surface area contributed by atoms with Gasteiger partial charge in [-0.15, -0.1) is 0 Å². The summed E-state index contributed by atoms with van der Waals surface area (Å²) in [5, 5.41) is 1.56. The molecule has 0 unspecified atom stereocenters. The lowest BCUT2D eigenvalue weighted by atomic mass is 10.3. The zero-order valence-electron chi connectivity index (χ0n) is 13.7. The van der Waals surface area contributed by atoms with Crippen LogP contribution >= 0.6 is 11.8 Å². The molecule has 0 aliphatic carbocycles. The normalized spacial score (nSPS) is 10.6. The first-order valence-corrected chi connectivity index (χ1v) is 8.18. The molecule has 3 aromatic heterocycles. The van der Waals surface area contributed by atoms with Gasteiger partial charge in [0.2, 0.25) is 0 Å². The molecule has 24 heavy (non-hydrogen) atoms. The predicted molar refractivity (Wildman–Crippen MR) is 93.3 cm³/mol. The van der Waals surface area contributed by atoms with Crippen LogP contribution in [0.5, 0.6) is 0 Å². The van der Waals surface area contributed by atoms with Crippen molar-refractivity contribution < 1.29 is 4.79 Å². The smallest absolute Gasteiger partial charge is 0.276 e. The lowest BCUT2D eigenvalue weighted by Gasteiger charge is -2.16. The zero-order chi connectivity index (χ0) is 17.1. The highest BCUT2D eigenvalue weighted by molar-refractivity contribution is 7.99. The van der Waals surface area contributed by atoms with Crippen LogP contribution in [0.2, 0.25) is 0 Å². The molecule has 0 aliphatic heterocycles. The van der Waals surface area contributed by atoms with Crippen LogP contribution in [0.25, 0.3) is 0 Å². The van der Waals surface area contributed by atoms with E-state index in [9.17, 15) is 4.79 Å². The van der Waals surface area contributed by atoms with Crippen molar-refractivity contribution in [2.45, 2.75) is 17.1 Å². The Kier molecular flexibility index (Phi) is 4.61. The van der Waals surface area contributed by atoms with Crippen LogP contribution in [0.1, 0.15) is 16.1 Å². The van der Waals surface area contributed by atoms with Crippen molar-refractivity contribution in [1.29, 1.82) is 0 Å². The molecule has 3 rings (SSSR count). The summed E-state index contributed by atoms with van der Waals surface area (Å²) in [4.78, 5) is 27.0. The minimum Gasteiger partial charge on any atom is -0.318 e. The first kappa shape index (κ1) is 16.2. The average molecular weight is 339 g/mol. The van der Waals surface area contributed by atoms with Crippen molar-refractivity contribution in [2.75, 3.05) is 11.9 Å². The van der Waals surface area contributed by atoms with E-state index in [1.165, 1.54) is 11.8 Å². The highest BCUT2D eigenvalue weighted by Gasteiger charge is 2.19. The highest BCUT2D eigenvalue weighted by atomic mass is 32.2. The Morgan fingerprint density at radius 3 is 2.67 bits per heavy atom. The van der Waals surface area contributed by atoms with Gasteiger partial charge >= 0.3 is 0 Å². The van der Waals surface area contributed by atoms with Crippen molar-refractivity contribution in [1.82, 2.24) is 19.5 Å². The van der Waals surface area contributed by atoms with Gasteiger partial charge in [0, 0.05) is 26.5 Å². The van der Waals surface area contributed by atoms with E-state index in [1.807, 2.05) is 38.4 Å². The molecule has 3 aromatic rings. The number of pyridine rings is 2. The van der Waals surface area contributed by atoms with Crippen molar-refractivity contribution in [3.63, 3.8) is 0 Å². The van der Waals surface area contributed by atoms with E-state index in [0.717, 1.165) is 16.3 Å². The maximum absolute atomic E-state index is 12.7. The van der Waals surface area contributed by atoms with Crippen LogP contribution in [0.15, 0.2) is 59.2 Å². The third-order valence-electron chi connectivity index (χ3n) is 3.58. The summed E-state index contributed by atoms with van der Waals surface area (Å²) in [6.45, 7) is 1.99. The van der Waals surface area contributed by atoms with Gasteiger partial charge in [0.15, 0.2) is 5.16 Å². The molecule has 6 nitrogen and oxygen atoms in total. The fourth-order valence-corrected chi connectivity index (χ4v) is 2.90. The maximum atomic E-state index is 12.7. The van der Waals surface area contributed by atoms with E-state index in [1.54, 1.807) is 41.2 Å². The standard InChI is InChI=1S/C17H17N5OS/c1-12-6-7-15(19-9-12)24-17-20-11-14(22(17)3)16(23)21(2)13-5-4-8-18-10-13/h4-11H,1-3H3. The summed E-state index contributed by atoms with van der Waals surface area (Å²) in [5.41, 5.74) is 2.35. The van der Waals surface area contributed by atoms with Gasteiger partial charge in [-0.2, -0.15) is 0 Å². The number of carbonyl (C=O) groups is 1. The Bertz CT molecular complexity index is 845. The van der Waals surface area contributed by atoms with Crippen LogP contribution in [0.4, 0.5) is 5.69 Å². The SMILES string of the molecule is Cc1ccc(Sc2ncc(C(=O)N(C)c3cccnc3)n2C)nc1. The van der Waals surface area contributed by atoms with Gasteiger partial charge in [0.1, 0.15) is 10.7 Å². The molecule has 122 valence electrons. The molecule has 0 fully saturated rings. The van der Waals surface area contributed by atoms with Gasteiger partial charge < -0.3 is 9.47 Å². The third-order valence-corrected chi connectivity index (χ3v) is 4.60. The maximum Gasteiger partial charge on any atom is 0.276 e. The molecule has 0 N–H and O–H groups in total. The molecule has 3 heterocycles. The summed E-state index contributed by atoms with van der Waals surface area (Å²) < 4.78 is 1.78. The van der Waals surface area contributed by atoms with Gasteiger partial charge in [-0.1, -0.05) is 6.07 Å². The minimum atomic E-state index is -0.137. The van der Waals surface area contributed by atoms with Crippen LogP contribution in [0.3, 0.4) is 0 Å². The number of anilines is 1. The number of rotatable bonds is 4. The van der Waals surface area contributed by atoms with E-state index >= 15 is 0 Å². The monoisotopic (exact) mass is 339 g/mol. The van der Waals surface area contributed by atoms with E-state index < -0.39 is 0 Å². The zero-order valence-corrected chi connectivity index (χ0v) is 14.5. The summed E-state index contributed by atoms with van der Waals surface area (Å²) in [5.74, 6) is -0.137. The van der Waals surface area contributed by atoms with E-state index in [4.69, 9.17) is 0 Å². The minimum absolute atomic E-state index is 0.137. The van der Waals surface area contributed by atoms with Crippen LogP contribution < -0.4 is 4.90 Å². The molecule has 1 amide bonds. The van der Waals surface area contributed by atoms with Crippen molar-refractivity contribution in [2.24, 2.45) is 7.05 Å². The molecule has 0 aromatic carbocycles.